The van der Waals surface area contributed by atoms with Crippen LogP contribution in [-0.2, 0) is 10.0 Å². The largest absolute Gasteiger partial charge is 0.244 e. The van der Waals surface area contributed by atoms with Crippen LogP contribution in [0.25, 0.3) is 0 Å². The van der Waals surface area contributed by atoms with Crippen molar-refractivity contribution in [1.29, 1.82) is 0 Å². The van der Waals surface area contributed by atoms with Gasteiger partial charge in [0.15, 0.2) is 0 Å². The van der Waals surface area contributed by atoms with Crippen molar-refractivity contribution in [3.8, 4) is 0 Å². The van der Waals surface area contributed by atoms with Crippen molar-refractivity contribution < 1.29 is 8.42 Å². The van der Waals surface area contributed by atoms with E-state index >= 15 is 0 Å². The molecule has 1 aliphatic heterocycles. The van der Waals surface area contributed by atoms with Gasteiger partial charge in [0.25, 0.3) is 0 Å². The molecule has 1 heterocycles. The summed E-state index contributed by atoms with van der Waals surface area (Å²) in [6.07, 6.45) is 0. The number of sulfonamides is 1. The quantitative estimate of drug-likeness (QED) is 0.752. The molecule has 16 heavy (non-hydrogen) atoms. The second kappa shape index (κ2) is 4.83. The molecule has 1 fully saturated rings. The van der Waals surface area contributed by atoms with Gasteiger partial charge >= 0.3 is 0 Å². The first-order valence-electron chi connectivity index (χ1n) is 4.91. The molecule has 1 aromatic carbocycles. The molecule has 0 saturated carbocycles. The van der Waals surface area contributed by atoms with Crippen LogP contribution in [0.5, 0.6) is 0 Å². The molecule has 0 N–H and O–H groups in total. The van der Waals surface area contributed by atoms with Crippen LogP contribution < -0.4 is 0 Å². The molecule has 0 amide bonds. The van der Waals surface area contributed by atoms with Crippen molar-refractivity contribution in [2.24, 2.45) is 0 Å². The highest BCUT2D eigenvalue weighted by Gasteiger charge is 2.32. The third-order valence-electron chi connectivity index (χ3n) is 2.50. The van der Waals surface area contributed by atoms with Gasteiger partial charge in [0, 0.05) is 15.9 Å². The van der Waals surface area contributed by atoms with E-state index in [0.717, 1.165) is 9.32 Å². The molecule has 0 spiro atoms. The van der Waals surface area contributed by atoms with Gasteiger partial charge < -0.3 is 0 Å². The standard InChI is InChI=1S/C10H12INO2S2/c1-8-12(6-7-15-8)16(13,14)10-4-2-9(11)3-5-10/h2-5,8H,6-7H2,1H3/t8-/m0/s1. The number of rotatable bonds is 2. The number of benzene rings is 1. The Morgan fingerprint density at radius 2 is 2.00 bits per heavy atom. The summed E-state index contributed by atoms with van der Waals surface area (Å²) < 4.78 is 27.1. The summed E-state index contributed by atoms with van der Waals surface area (Å²) in [6.45, 7) is 2.54. The molecule has 1 atom stereocenters. The van der Waals surface area contributed by atoms with Gasteiger partial charge in [0.2, 0.25) is 10.0 Å². The van der Waals surface area contributed by atoms with Crippen LogP contribution in [0.2, 0.25) is 0 Å². The summed E-state index contributed by atoms with van der Waals surface area (Å²) in [7, 11) is -3.30. The maximum Gasteiger partial charge on any atom is 0.244 e. The molecule has 1 aliphatic rings. The van der Waals surface area contributed by atoms with Crippen molar-refractivity contribution in [2.45, 2.75) is 17.2 Å². The minimum absolute atomic E-state index is 0.0456. The first-order valence-corrected chi connectivity index (χ1v) is 8.47. The zero-order chi connectivity index (χ0) is 11.8. The van der Waals surface area contributed by atoms with Crippen LogP contribution in [0.15, 0.2) is 29.2 Å². The number of thioether (sulfide) groups is 1. The molecule has 0 radical (unpaired) electrons. The average molecular weight is 369 g/mol. The molecule has 2 rings (SSSR count). The van der Waals surface area contributed by atoms with Crippen molar-refractivity contribution in [1.82, 2.24) is 4.31 Å². The van der Waals surface area contributed by atoms with Crippen LogP contribution in [0.1, 0.15) is 6.92 Å². The van der Waals surface area contributed by atoms with Crippen LogP contribution in [0, 0.1) is 3.57 Å². The second-order valence-electron chi connectivity index (χ2n) is 3.54. The maximum absolute atomic E-state index is 12.3. The van der Waals surface area contributed by atoms with Crippen LogP contribution >= 0.6 is 34.4 Å². The van der Waals surface area contributed by atoms with Gasteiger partial charge in [0.1, 0.15) is 0 Å². The second-order valence-corrected chi connectivity index (χ2v) is 8.10. The molecule has 6 heteroatoms. The molecular weight excluding hydrogens is 357 g/mol. The van der Waals surface area contributed by atoms with E-state index in [1.165, 1.54) is 0 Å². The fourth-order valence-electron chi connectivity index (χ4n) is 1.64. The summed E-state index contributed by atoms with van der Waals surface area (Å²) in [5, 5.41) is 0.0456. The van der Waals surface area contributed by atoms with E-state index in [-0.39, 0.29) is 5.37 Å². The summed E-state index contributed by atoms with van der Waals surface area (Å²) in [4.78, 5) is 0.391. The Balaban J connectivity index is 2.35. The number of nitrogens with zero attached hydrogens (tertiary/aromatic N) is 1. The lowest BCUT2D eigenvalue weighted by atomic mass is 10.4. The highest BCUT2D eigenvalue weighted by Crippen LogP contribution is 2.29. The summed E-state index contributed by atoms with van der Waals surface area (Å²) >= 11 is 3.84. The predicted octanol–water partition coefficient (Wildman–Crippen LogP) is 2.37. The SMILES string of the molecule is C[C@@H]1SCCN1S(=O)(=O)c1ccc(I)cc1. The molecular formula is C10H12INO2S2. The van der Waals surface area contributed by atoms with E-state index in [1.54, 1.807) is 28.2 Å². The molecule has 88 valence electrons. The van der Waals surface area contributed by atoms with Crippen molar-refractivity contribution in [3.63, 3.8) is 0 Å². The number of halogens is 1. The minimum Gasteiger partial charge on any atom is -0.207 e. The average Bonchev–Trinajstić information content (AvgIpc) is 2.66. The number of hydrogen-bond acceptors (Lipinski definition) is 3. The fourth-order valence-corrected chi connectivity index (χ4v) is 5.02. The zero-order valence-electron chi connectivity index (χ0n) is 8.76. The van der Waals surface area contributed by atoms with Crippen LogP contribution in [0.4, 0.5) is 0 Å². The monoisotopic (exact) mass is 369 g/mol. The Morgan fingerprint density at radius 3 is 2.50 bits per heavy atom. The van der Waals surface area contributed by atoms with Crippen LogP contribution in [-0.4, -0.2) is 30.4 Å². The zero-order valence-corrected chi connectivity index (χ0v) is 12.5. The Morgan fingerprint density at radius 1 is 1.38 bits per heavy atom. The van der Waals surface area contributed by atoms with Gasteiger partial charge in [-0.15, -0.1) is 11.8 Å². The highest BCUT2D eigenvalue weighted by molar-refractivity contribution is 14.1. The Labute approximate surface area is 114 Å². The van der Waals surface area contributed by atoms with Crippen molar-refractivity contribution in [3.05, 3.63) is 27.8 Å². The van der Waals surface area contributed by atoms with E-state index < -0.39 is 10.0 Å². The third kappa shape index (κ3) is 2.39. The Kier molecular flexibility index (Phi) is 3.82. The lowest BCUT2D eigenvalue weighted by molar-refractivity contribution is 0.442. The molecule has 0 unspecified atom stereocenters. The topological polar surface area (TPSA) is 37.4 Å². The maximum atomic E-state index is 12.3. The lowest BCUT2D eigenvalue weighted by Gasteiger charge is -2.19. The van der Waals surface area contributed by atoms with Gasteiger partial charge in [-0.05, 0) is 53.8 Å². The molecule has 0 bridgehead atoms. The van der Waals surface area contributed by atoms with E-state index in [2.05, 4.69) is 22.6 Å². The van der Waals surface area contributed by atoms with Gasteiger partial charge in [-0.2, -0.15) is 4.31 Å². The van der Waals surface area contributed by atoms with E-state index in [4.69, 9.17) is 0 Å². The number of hydrogen-bond donors (Lipinski definition) is 0. The van der Waals surface area contributed by atoms with Crippen molar-refractivity contribution in [2.75, 3.05) is 12.3 Å². The lowest BCUT2D eigenvalue weighted by Crippen LogP contribution is -2.33. The first-order chi connectivity index (χ1) is 7.51. The molecule has 1 saturated heterocycles. The minimum atomic E-state index is -3.30. The van der Waals surface area contributed by atoms with Gasteiger partial charge in [0.05, 0.1) is 10.3 Å². The predicted molar refractivity (Wildman–Crippen MR) is 75.0 cm³/mol. The van der Waals surface area contributed by atoms with Crippen LogP contribution in [0.3, 0.4) is 0 Å². The fraction of sp³-hybridized carbons (Fsp3) is 0.400. The summed E-state index contributed by atoms with van der Waals surface area (Å²) in [5.74, 6) is 0.880. The Bertz CT molecular complexity index is 472. The summed E-state index contributed by atoms with van der Waals surface area (Å²) in [5.41, 5.74) is 0. The molecule has 0 aromatic heterocycles. The molecule has 0 aliphatic carbocycles. The normalized spacial score (nSPS) is 22.5. The van der Waals surface area contributed by atoms with Gasteiger partial charge in [-0.3, -0.25) is 0 Å². The Hall–Kier alpha value is 0.210. The van der Waals surface area contributed by atoms with Crippen molar-refractivity contribution >= 4 is 44.4 Å². The van der Waals surface area contributed by atoms with Gasteiger partial charge in [-0.25, -0.2) is 8.42 Å². The highest BCUT2D eigenvalue weighted by atomic mass is 127. The van der Waals surface area contributed by atoms with E-state index in [1.807, 2.05) is 19.1 Å². The first kappa shape index (κ1) is 12.7. The molecule has 3 nitrogen and oxygen atoms in total. The van der Waals surface area contributed by atoms with E-state index in [9.17, 15) is 8.42 Å². The molecule has 1 aromatic rings. The smallest absolute Gasteiger partial charge is 0.207 e. The summed E-state index contributed by atoms with van der Waals surface area (Å²) in [6, 6.07) is 6.99. The van der Waals surface area contributed by atoms with Gasteiger partial charge in [-0.1, -0.05) is 0 Å². The van der Waals surface area contributed by atoms with E-state index in [0.29, 0.717) is 11.4 Å². The third-order valence-corrected chi connectivity index (χ3v) is 6.49.